The summed E-state index contributed by atoms with van der Waals surface area (Å²) in [5.74, 6) is -0.368. The second-order valence-electron chi connectivity index (χ2n) is 9.34. The summed E-state index contributed by atoms with van der Waals surface area (Å²) in [6.45, 7) is 9.16. The number of aryl methyl sites for hydroxylation is 1. The number of rotatable bonds is 7. The fourth-order valence-electron chi connectivity index (χ4n) is 5.34. The SMILES string of the molecule is CCOC(=O)C1=C(CN2CCC(N3CCCCC3)CC2)NC(=O)NC1c1ccc(CC)cc1. The topological polar surface area (TPSA) is 73.9 Å². The number of amides is 2. The summed E-state index contributed by atoms with van der Waals surface area (Å²) in [6.07, 6.45) is 7.20. The number of ether oxygens (including phenoxy) is 1. The summed E-state index contributed by atoms with van der Waals surface area (Å²) in [5.41, 5.74) is 3.29. The van der Waals surface area contributed by atoms with E-state index in [-0.39, 0.29) is 12.0 Å². The van der Waals surface area contributed by atoms with Crippen molar-refractivity contribution in [2.24, 2.45) is 0 Å². The van der Waals surface area contributed by atoms with Crippen LogP contribution in [0.5, 0.6) is 0 Å². The van der Waals surface area contributed by atoms with E-state index < -0.39 is 6.04 Å². The van der Waals surface area contributed by atoms with E-state index in [2.05, 4.69) is 39.5 Å². The molecule has 180 valence electrons. The molecule has 1 unspecified atom stereocenters. The molecular weight excluding hydrogens is 416 g/mol. The number of urea groups is 1. The molecule has 3 aliphatic heterocycles. The second-order valence-corrected chi connectivity index (χ2v) is 9.34. The van der Waals surface area contributed by atoms with Gasteiger partial charge >= 0.3 is 12.0 Å². The predicted octanol–water partition coefficient (Wildman–Crippen LogP) is 3.37. The van der Waals surface area contributed by atoms with Crippen molar-refractivity contribution in [3.05, 3.63) is 46.7 Å². The maximum atomic E-state index is 13.0. The van der Waals surface area contributed by atoms with Gasteiger partial charge in [0.1, 0.15) is 0 Å². The maximum absolute atomic E-state index is 13.0. The van der Waals surface area contributed by atoms with E-state index in [0.29, 0.717) is 30.5 Å². The molecule has 0 aromatic heterocycles. The number of likely N-dealkylation sites (tertiary alicyclic amines) is 2. The van der Waals surface area contributed by atoms with Gasteiger partial charge in [-0.15, -0.1) is 0 Å². The fourth-order valence-corrected chi connectivity index (χ4v) is 5.34. The van der Waals surface area contributed by atoms with Crippen LogP contribution in [0.4, 0.5) is 4.79 Å². The van der Waals surface area contributed by atoms with Crippen molar-refractivity contribution < 1.29 is 14.3 Å². The molecule has 0 spiro atoms. The van der Waals surface area contributed by atoms with Gasteiger partial charge in [-0.1, -0.05) is 37.6 Å². The highest BCUT2D eigenvalue weighted by molar-refractivity contribution is 5.95. The third-order valence-electron chi connectivity index (χ3n) is 7.22. The van der Waals surface area contributed by atoms with Crippen molar-refractivity contribution in [2.45, 2.75) is 64.5 Å². The Kier molecular flexibility index (Phi) is 8.04. The molecule has 0 bridgehead atoms. The number of carbonyl (C=O) groups is 2. The lowest BCUT2D eigenvalue weighted by Crippen LogP contribution is -2.51. The van der Waals surface area contributed by atoms with Crippen molar-refractivity contribution in [1.82, 2.24) is 20.4 Å². The molecule has 2 fully saturated rings. The van der Waals surface area contributed by atoms with Crippen molar-refractivity contribution in [2.75, 3.05) is 39.3 Å². The third-order valence-corrected chi connectivity index (χ3v) is 7.22. The standard InChI is InChI=1S/C26H38N4O3/c1-3-19-8-10-20(11-9-19)24-23(25(31)33-4-2)22(27-26(32)28-24)18-29-16-12-21(13-17-29)30-14-6-5-7-15-30/h8-11,21,24H,3-7,12-18H2,1-2H3,(H2,27,28,32). The highest BCUT2D eigenvalue weighted by Crippen LogP contribution is 2.29. The number of hydrogen-bond acceptors (Lipinski definition) is 5. The molecule has 3 heterocycles. The third kappa shape index (κ3) is 5.76. The predicted molar refractivity (Wildman–Crippen MR) is 129 cm³/mol. The molecule has 2 amide bonds. The van der Waals surface area contributed by atoms with Crippen LogP contribution >= 0.6 is 0 Å². The lowest BCUT2D eigenvalue weighted by Gasteiger charge is -2.41. The van der Waals surface area contributed by atoms with Gasteiger partial charge in [0.05, 0.1) is 18.2 Å². The normalized spacial score (nSPS) is 23.2. The summed E-state index contributed by atoms with van der Waals surface area (Å²) < 4.78 is 5.42. The van der Waals surface area contributed by atoms with Gasteiger partial charge in [-0.3, -0.25) is 4.90 Å². The smallest absolute Gasteiger partial charge is 0.338 e. The van der Waals surface area contributed by atoms with Gasteiger partial charge in [-0.05, 0) is 63.2 Å². The first-order chi connectivity index (χ1) is 16.1. The number of piperidine rings is 2. The molecule has 2 saturated heterocycles. The Bertz CT molecular complexity index is 853. The van der Waals surface area contributed by atoms with E-state index in [9.17, 15) is 9.59 Å². The summed E-state index contributed by atoms with van der Waals surface area (Å²) in [6, 6.07) is 7.98. The van der Waals surface area contributed by atoms with E-state index in [1.165, 1.54) is 37.9 Å². The first kappa shape index (κ1) is 23.8. The van der Waals surface area contributed by atoms with Gasteiger partial charge in [-0.25, -0.2) is 9.59 Å². The van der Waals surface area contributed by atoms with E-state index in [1.54, 1.807) is 0 Å². The molecule has 0 saturated carbocycles. The molecule has 1 atom stereocenters. The lowest BCUT2D eigenvalue weighted by atomic mass is 9.93. The van der Waals surface area contributed by atoms with Crippen LogP contribution in [0.15, 0.2) is 35.5 Å². The van der Waals surface area contributed by atoms with E-state index in [1.807, 2.05) is 19.1 Å². The number of nitrogens with zero attached hydrogens (tertiary/aromatic N) is 2. The van der Waals surface area contributed by atoms with Gasteiger partial charge in [-0.2, -0.15) is 0 Å². The first-order valence-corrected chi connectivity index (χ1v) is 12.6. The zero-order valence-electron chi connectivity index (χ0n) is 20.1. The van der Waals surface area contributed by atoms with Crippen LogP contribution in [0.1, 0.15) is 63.1 Å². The molecule has 33 heavy (non-hydrogen) atoms. The van der Waals surface area contributed by atoms with Crippen molar-refractivity contribution in [3.63, 3.8) is 0 Å². The number of nitrogens with one attached hydrogen (secondary N) is 2. The fraction of sp³-hybridized carbons (Fsp3) is 0.615. The zero-order valence-corrected chi connectivity index (χ0v) is 20.1. The van der Waals surface area contributed by atoms with Gasteiger partial charge in [0.15, 0.2) is 0 Å². The molecule has 3 aliphatic rings. The van der Waals surface area contributed by atoms with Crippen LogP contribution in [0.3, 0.4) is 0 Å². The summed E-state index contributed by atoms with van der Waals surface area (Å²) in [4.78, 5) is 30.6. The van der Waals surface area contributed by atoms with Crippen LogP contribution in [0, 0.1) is 0 Å². The lowest BCUT2D eigenvalue weighted by molar-refractivity contribution is -0.139. The first-order valence-electron chi connectivity index (χ1n) is 12.6. The molecule has 0 radical (unpaired) electrons. The minimum absolute atomic E-state index is 0.272. The molecule has 0 aliphatic carbocycles. The highest BCUT2D eigenvalue weighted by atomic mass is 16.5. The van der Waals surface area contributed by atoms with E-state index in [0.717, 1.165) is 37.9 Å². The largest absolute Gasteiger partial charge is 0.463 e. The molecule has 7 nitrogen and oxygen atoms in total. The van der Waals surface area contributed by atoms with Crippen LogP contribution in [-0.2, 0) is 16.0 Å². The van der Waals surface area contributed by atoms with Crippen LogP contribution < -0.4 is 10.6 Å². The minimum atomic E-state index is -0.510. The number of carbonyl (C=O) groups excluding carboxylic acids is 2. The number of esters is 1. The van der Waals surface area contributed by atoms with Crippen molar-refractivity contribution in [3.8, 4) is 0 Å². The van der Waals surface area contributed by atoms with Crippen LogP contribution in [0.2, 0.25) is 0 Å². The van der Waals surface area contributed by atoms with Gasteiger partial charge in [0.25, 0.3) is 0 Å². The van der Waals surface area contributed by atoms with Crippen molar-refractivity contribution >= 4 is 12.0 Å². The molecule has 2 N–H and O–H groups in total. The molecule has 4 rings (SSSR count). The minimum Gasteiger partial charge on any atom is -0.463 e. The quantitative estimate of drug-likeness (QED) is 0.618. The Hall–Kier alpha value is -2.38. The van der Waals surface area contributed by atoms with E-state index >= 15 is 0 Å². The van der Waals surface area contributed by atoms with E-state index in [4.69, 9.17) is 4.74 Å². The van der Waals surface area contributed by atoms with Crippen LogP contribution in [0.25, 0.3) is 0 Å². The molecule has 7 heteroatoms. The number of hydrogen-bond donors (Lipinski definition) is 2. The monoisotopic (exact) mass is 454 g/mol. The van der Waals surface area contributed by atoms with Gasteiger partial charge in [0.2, 0.25) is 0 Å². The van der Waals surface area contributed by atoms with Crippen molar-refractivity contribution in [1.29, 1.82) is 0 Å². The van der Waals surface area contributed by atoms with Gasteiger partial charge in [0, 0.05) is 31.4 Å². The summed E-state index contributed by atoms with van der Waals surface area (Å²) >= 11 is 0. The van der Waals surface area contributed by atoms with Gasteiger partial charge < -0.3 is 20.3 Å². The average Bonchev–Trinajstić information content (AvgIpc) is 2.85. The molecular formula is C26H38N4O3. The maximum Gasteiger partial charge on any atom is 0.338 e. The molecule has 1 aromatic rings. The zero-order chi connectivity index (χ0) is 23.2. The Morgan fingerprint density at radius 1 is 1.03 bits per heavy atom. The number of benzene rings is 1. The van der Waals surface area contributed by atoms with Crippen LogP contribution in [-0.4, -0.2) is 67.2 Å². The Morgan fingerprint density at radius 2 is 1.73 bits per heavy atom. The Balaban J connectivity index is 1.52. The highest BCUT2D eigenvalue weighted by Gasteiger charge is 2.35. The summed E-state index contributed by atoms with van der Waals surface area (Å²) in [5, 5.41) is 5.87. The Morgan fingerprint density at radius 3 is 2.36 bits per heavy atom. The summed E-state index contributed by atoms with van der Waals surface area (Å²) in [7, 11) is 0. The Labute approximate surface area is 197 Å². The molecule has 1 aromatic carbocycles. The average molecular weight is 455 g/mol. The second kappa shape index (κ2) is 11.2.